The van der Waals surface area contributed by atoms with Crippen LogP contribution in [0, 0.1) is 0 Å². The molecule has 0 unspecified atom stereocenters. The van der Waals surface area contributed by atoms with Crippen LogP contribution >= 0.6 is 0 Å². The molecule has 0 aromatic heterocycles. The Hall–Kier alpha value is -0.780. The fourth-order valence-electron chi connectivity index (χ4n) is 0.232. The van der Waals surface area contributed by atoms with Crippen molar-refractivity contribution < 1.29 is 0 Å². The Morgan fingerprint density at radius 3 is 1.89 bits per heavy atom. The zero-order chi connectivity index (χ0) is 5.70. The van der Waals surface area contributed by atoms with Crippen molar-refractivity contribution in [2.45, 2.75) is 21.8 Å². The summed E-state index contributed by atoms with van der Waals surface area (Å²) in [6, 6.07) is 0. The molecule has 0 heterocycles. The highest BCUT2D eigenvalue weighted by Gasteiger charge is 1.65. The maximum atomic E-state index is 3.66. The van der Waals surface area contributed by atoms with Crippen LogP contribution in [0.25, 0.3) is 0 Å². The van der Waals surface area contributed by atoms with Crippen LogP contribution in [0.1, 0.15) is 21.8 Å². The molecule has 0 aliphatic rings. The first kappa shape index (κ1) is 15.7. The fraction of sp³-hybridized carbons (Fsp3) is 0.333. The molecule has 0 aliphatic carbocycles. The third kappa shape index (κ3) is 19.0. The molecule has 0 aromatic rings. The standard InChI is InChI=1S/C7H10.2CH4/c1-4-5-6-7(2)3;;/h4-6H,1-2H2,3H3;2*1H4/b6-5-;;. The maximum absolute atomic E-state index is 3.66. The van der Waals surface area contributed by atoms with Gasteiger partial charge in [-0.05, 0) is 6.92 Å². The Kier molecular flexibility index (Phi) is 17.9. The summed E-state index contributed by atoms with van der Waals surface area (Å²) in [5.41, 5.74) is 1.06. The molecule has 54 valence electrons. The van der Waals surface area contributed by atoms with Crippen molar-refractivity contribution in [3.8, 4) is 0 Å². The van der Waals surface area contributed by atoms with Crippen molar-refractivity contribution in [3.05, 3.63) is 37.0 Å². The van der Waals surface area contributed by atoms with Gasteiger partial charge in [-0.3, -0.25) is 0 Å². The number of hydrogen-bond acceptors (Lipinski definition) is 0. The van der Waals surface area contributed by atoms with Gasteiger partial charge in [0.15, 0.2) is 0 Å². The summed E-state index contributed by atoms with van der Waals surface area (Å²) >= 11 is 0. The summed E-state index contributed by atoms with van der Waals surface area (Å²) in [5, 5.41) is 0. The second-order valence-electron chi connectivity index (χ2n) is 1.44. The van der Waals surface area contributed by atoms with Crippen LogP contribution in [0.2, 0.25) is 0 Å². The number of allylic oxidation sites excluding steroid dienone is 4. The quantitative estimate of drug-likeness (QED) is 0.496. The Bertz CT molecular complexity index is 96.6. The number of rotatable bonds is 2. The van der Waals surface area contributed by atoms with Crippen LogP contribution in [-0.4, -0.2) is 0 Å². The molecule has 0 amide bonds. The van der Waals surface area contributed by atoms with Crippen LogP contribution in [0.4, 0.5) is 0 Å². The highest BCUT2D eigenvalue weighted by molar-refractivity contribution is 5.15. The summed E-state index contributed by atoms with van der Waals surface area (Å²) in [6.07, 6.45) is 5.50. The minimum Gasteiger partial charge on any atom is -0.0991 e. The zero-order valence-corrected chi connectivity index (χ0v) is 4.65. The molecule has 0 N–H and O–H groups in total. The second kappa shape index (κ2) is 10.3. The fourth-order valence-corrected chi connectivity index (χ4v) is 0.232. The molecular weight excluding hydrogens is 108 g/mol. The summed E-state index contributed by atoms with van der Waals surface area (Å²) in [7, 11) is 0. The molecule has 0 saturated carbocycles. The van der Waals surface area contributed by atoms with E-state index in [1.807, 2.05) is 19.1 Å². The summed E-state index contributed by atoms with van der Waals surface area (Å²) in [6.45, 7) is 9.11. The van der Waals surface area contributed by atoms with Gasteiger partial charge in [0.1, 0.15) is 0 Å². The van der Waals surface area contributed by atoms with Crippen LogP contribution in [0.3, 0.4) is 0 Å². The lowest BCUT2D eigenvalue weighted by Crippen LogP contribution is -1.55. The minimum absolute atomic E-state index is 0. The van der Waals surface area contributed by atoms with E-state index in [1.165, 1.54) is 0 Å². The van der Waals surface area contributed by atoms with Crippen LogP contribution < -0.4 is 0 Å². The molecule has 0 bridgehead atoms. The maximum Gasteiger partial charge on any atom is -0.0404 e. The van der Waals surface area contributed by atoms with Gasteiger partial charge in [0.2, 0.25) is 0 Å². The van der Waals surface area contributed by atoms with Gasteiger partial charge in [0, 0.05) is 0 Å². The second-order valence-corrected chi connectivity index (χ2v) is 1.44. The van der Waals surface area contributed by atoms with E-state index in [1.54, 1.807) is 6.08 Å². The van der Waals surface area contributed by atoms with Gasteiger partial charge in [-0.1, -0.05) is 51.8 Å². The molecule has 0 nitrogen and oxygen atoms in total. The molecule has 0 fully saturated rings. The van der Waals surface area contributed by atoms with E-state index in [0.717, 1.165) is 5.57 Å². The van der Waals surface area contributed by atoms with Crippen LogP contribution in [0.5, 0.6) is 0 Å². The molecule has 0 radical (unpaired) electrons. The molecular formula is C9H18. The Morgan fingerprint density at radius 2 is 1.78 bits per heavy atom. The van der Waals surface area contributed by atoms with E-state index in [-0.39, 0.29) is 14.9 Å². The molecule has 0 aliphatic heterocycles. The average molecular weight is 126 g/mol. The third-order valence-electron chi connectivity index (χ3n) is 0.517. The van der Waals surface area contributed by atoms with E-state index >= 15 is 0 Å². The monoisotopic (exact) mass is 126 g/mol. The van der Waals surface area contributed by atoms with Crippen molar-refractivity contribution in [1.82, 2.24) is 0 Å². The Labute approximate surface area is 59.6 Å². The molecule has 0 rings (SSSR count). The molecule has 0 heteroatoms. The topological polar surface area (TPSA) is 0 Å². The SMILES string of the molecule is C.C.C=C/C=C\C(=C)C. The van der Waals surface area contributed by atoms with Crippen LogP contribution in [-0.2, 0) is 0 Å². The van der Waals surface area contributed by atoms with E-state index in [4.69, 9.17) is 0 Å². The predicted octanol–water partition coefficient (Wildman–Crippen LogP) is 3.58. The minimum atomic E-state index is 0. The van der Waals surface area contributed by atoms with Crippen molar-refractivity contribution in [2.24, 2.45) is 0 Å². The molecule has 0 saturated heterocycles. The normalized spacial score (nSPS) is 7.22. The van der Waals surface area contributed by atoms with Gasteiger partial charge in [-0.2, -0.15) is 0 Å². The highest BCUT2D eigenvalue weighted by atomic mass is 13.7. The molecule has 9 heavy (non-hydrogen) atoms. The van der Waals surface area contributed by atoms with Crippen LogP contribution in [0.15, 0.2) is 37.0 Å². The van der Waals surface area contributed by atoms with Gasteiger partial charge in [-0.15, -0.1) is 0 Å². The van der Waals surface area contributed by atoms with Crippen molar-refractivity contribution in [3.63, 3.8) is 0 Å². The third-order valence-corrected chi connectivity index (χ3v) is 0.517. The van der Waals surface area contributed by atoms with E-state index < -0.39 is 0 Å². The molecule has 0 aromatic carbocycles. The summed E-state index contributed by atoms with van der Waals surface area (Å²) < 4.78 is 0. The summed E-state index contributed by atoms with van der Waals surface area (Å²) in [5.74, 6) is 0. The first-order valence-corrected chi connectivity index (χ1v) is 2.22. The lowest BCUT2D eigenvalue weighted by molar-refractivity contribution is 1.56. The Balaban J connectivity index is -0.000000180. The smallest absolute Gasteiger partial charge is 0.0404 e. The van der Waals surface area contributed by atoms with Gasteiger partial charge < -0.3 is 0 Å². The first-order valence-electron chi connectivity index (χ1n) is 2.22. The average Bonchev–Trinajstić information content (AvgIpc) is 1.61. The van der Waals surface area contributed by atoms with Crippen molar-refractivity contribution in [2.75, 3.05) is 0 Å². The van der Waals surface area contributed by atoms with Gasteiger partial charge in [0.05, 0.1) is 0 Å². The van der Waals surface area contributed by atoms with E-state index in [9.17, 15) is 0 Å². The Morgan fingerprint density at radius 1 is 1.33 bits per heavy atom. The lowest BCUT2D eigenvalue weighted by Gasteiger charge is -1.77. The number of hydrogen-bond donors (Lipinski definition) is 0. The van der Waals surface area contributed by atoms with Gasteiger partial charge in [0.25, 0.3) is 0 Å². The molecule has 0 atom stereocenters. The summed E-state index contributed by atoms with van der Waals surface area (Å²) in [4.78, 5) is 0. The molecule has 0 spiro atoms. The predicted molar refractivity (Wildman–Crippen MR) is 47.6 cm³/mol. The lowest BCUT2D eigenvalue weighted by atomic mass is 10.3. The van der Waals surface area contributed by atoms with E-state index in [0.29, 0.717) is 0 Å². The van der Waals surface area contributed by atoms with E-state index in [2.05, 4.69) is 13.2 Å². The van der Waals surface area contributed by atoms with Gasteiger partial charge >= 0.3 is 0 Å². The van der Waals surface area contributed by atoms with Crippen molar-refractivity contribution >= 4 is 0 Å². The van der Waals surface area contributed by atoms with Crippen molar-refractivity contribution in [1.29, 1.82) is 0 Å². The zero-order valence-electron chi connectivity index (χ0n) is 4.65. The largest absolute Gasteiger partial charge is 0.0991 e. The first-order chi connectivity index (χ1) is 3.27. The van der Waals surface area contributed by atoms with Gasteiger partial charge in [-0.25, -0.2) is 0 Å². The highest BCUT2D eigenvalue weighted by Crippen LogP contribution is 1.86.